The number of methoxy groups -OCH3 is 1. The van der Waals surface area contributed by atoms with Crippen LogP contribution in [-0.2, 0) is 19.5 Å². The lowest BCUT2D eigenvalue weighted by Gasteiger charge is -2.24. The van der Waals surface area contributed by atoms with Crippen LogP contribution in [0.1, 0.15) is 23.8 Å². The fourth-order valence-corrected chi connectivity index (χ4v) is 3.22. The summed E-state index contributed by atoms with van der Waals surface area (Å²) in [5.41, 5.74) is 2.52. The Morgan fingerprint density at radius 3 is 2.31 bits per heavy atom. The molecular weight excluding hydrogens is 366 g/mol. The van der Waals surface area contributed by atoms with Crippen molar-refractivity contribution in [3.63, 3.8) is 0 Å². The highest BCUT2D eigenvalue weighted by Crippen LogP contribution is 2.25. The largest absolute Gasteiger partial charge is 0.493 e. The van der Waals surface area contributed by atoms with Gasteiger partial charge >= 0.3 is 0 Å². The summed E-state index contributed by atoms with van der Waals surface area (Å²) in [7, 11) is 1.60. The second-order valence-electron chi connectivity index (χ2n) is 7.03. The fraction of sp³-hybridized carbons (Fsp3) is 0.333. The standard InChI is InChI=1S/C24H29NO4/c1-3-19-10-12-20(13-11-19)15-25(17-22-7-6-14-28-22)16-21(26)18-29-24-9-5-4-8-23(24)27-2/h4-14,21,26H,3,15-18H2,1-2H3. The molecule has 0 bridgehead atoms. The van der Waals surface area contributed by atoms with E-state index in [2.05, 4.69) is 36.1 Å². The second-order valence-corrected chi connectivity index (χ2v) is 7.03. The summed E-state index contributed by atoms with van der Waals surface area (Å²) in [6, 6.07) is 19.9. The van der Waals surface area contributed by atoms with Crippen molar-refractivity contribution in [1.82, 2.24) is 4.90 Å². The van der Waals surface area contributed by atoms with Crippen LogP contribution in [0.3, 0.4) is 0 Å². The summed E-state index contributed by atoms with van der Waals surface area (Å²) in [6.07, 6.45) is 2.05. The molecule has 2 aromatic carbocycles. The summed E-state index contributed by atoms with van der Waals surface area (Å²) in [5.74, 6) is 2.15. The van der Waals surface area contributed by atoms with Gasteiger partial charge in [-0.25, -0.2) is 0 Å². The van der Waals surface area contributed by atoms with Crippen molar-refractivity contribution in [2.45, 2.75) is 32.5 Å². The first kappa shape index (κ1) is 21.0. The fourth-order valence-electron chi connectivity index (χ4n) is 3.22. The highest BCUT2D eigenvalue weighted by atomic mass is 16.5. The molecule has 5 heteroatoms. The van der Waals surface area contributed by atoms with Crippen molar-refractivity contribution >= 4 is 0 Å². The van der Waals surface area contributed by atoms with Crippen molar-refractivity contribution < 1.29 is 19.0 Å². The van der Waals surface area contributed by atoms with Crippen molar-refractivity contribution in [2.24, 2.45) is 0 Å². The highest BCUT2D eigenvalue weighted by molar-refractivity contribution is 5.39. The Labute approximate surface area is 172 Å². The predicted octanol–water partition coefficient (Wildman–Crippen LogP) is 4.29. The smallest absolute Gasteiger partial charge is 0.161 e. The third-order valence-corrected chi connectivity index (χ3v) is 4.77. The molecule has 29 heavy (non-hydrogen) atoms. The number of hydrogen-bond acceptors (Lipinski definition) is 5. The van der Waals surface area contributed by atoms with Gasteiger partial charge in [0.15, 0.2) is 11.5 Å². The van der Waals surface area contributed by atoms with Gasteiger partial charge in [0, 0.05) is 13.1 Å². The van der Waals surface area contributed by atoms with Crippen LogP contribution < -0.4 is 9.47 Å². The Balaban J connectivity index is 1.61. The number of rotatable bonds is 11. The Bertz CT molecular complexity index is 846. The maximum absolute atomic E-state index is 10.6. The molecule has 0 saturated carbocycles. The van der Waals surface area contributed by atoms with Gasteiger partial charge in [-0.1, -0.05) is 43.3 Å². The number of nitrogens with zero attached hydrogens (tertiary/aromatic N) is 1. The number of aliphatic hydroxyl groups excluding tert-OH is 1. The van der Waals surface area contributed by atoms with Gasteiger partial charge in [0.2, 0.25) is 0 Å². The lowest BCUT2D eigenvalue weighted by molar-refractivity contribution is 0.0596. The first-order valence-electron chi connectivity index (χ1n) is 9.94. The average Bonchev–Trinajstić information content (AvgIpc) is 3.26. The quantitative estimate of drug-likeness (QED) is 0.525. The van der Waals surface area contributed by atoms with Gasteiger partial charge in [-0.05, 0) is 41.8 Å². The number of para-hydroxylation sites is 2. The lowest BCUT2D eigenvalue weighted by Crippen LogP contribution is -2.35. The first-order chi connectivity index (χ1) is 14.2. The molecule has 0 radical (unpaired) electrons. The number of ether oxygens (including phenoxy) is 2. The van der Waals surface area contributed by atoms with E-state index in [0.717, 1.165) is 18.7 Å². The zero-order valence-corrected chi connectivity index (χ0v) is 17.1. The van der Waals surface area contributed by atoms with E-state index < -0.39 is 6.10 Å². The zero-order valence-electron chi connectivity index (χ0n) is 17.1. The maximum Gasteiger partial charge on any atom is 0.161 e. The Hall–Kier alpha value is -2.76. The minimum Gasteiger partial charge on any atom is -0.493 e. The molecule has 1 N–H and O–H groups in total. The Morgan fingerprint density at radius 1 is 0.931 bits per heavy atom. The lowest BCUT2D eigenvalue weighted by atomic mass is 10.1. The molecule has 0 aliphatic heterocycles. The van der Waals surface area contributed by atoms with Crippen molar-refractivity contribution in [3.05, 3.63) is 83.8 Å². The second kappa shape index (κ2) is 10.7. The van der Waals surface area contributed by atoms with Gasteiger partial charge in [-0.3, -0.25) is 4.90 Å². The molecule has 1 unspecified atom stereocenters. The van der Waals surface area contributed by atoms with Crippen LogP contribution >= 0.6 is 0 Å². The van der Waals surface area contributed by atoms with Gasteiger partial charge in [0.25, 0.3) is 0 Å². The molecule has 1 heterocycles. The molecule has 1 aromatic heterocycles. The summed E-state index contributed by atoms with van der Waals surface area (Å²) in [6.45, 7) is 4.14. The molecule has 0 aliphatic rings. The van der Waals surface area contributed by atoms with E-state index >= 15 is 0 Å². The normalized spacial score (nSPS) is 12.1. The zero-order chi connectivity index (χ0) is 20.5. The van der Waals surface area contributed by atoms with Crippen LogP contribution in [0.25, 0.3) is 0 Å². The van der Waals surface area contributed by atoms with Crippen molar-refractivity contribution in [1.29, 1.82) is 0 Å². The molecule has 0 aliphatic carbocycles. The van der Waals surface area contributed by atoms with Gasteiger partial charge in [-0.2, -0.15) is 0 Å². The molecule has 3 aromatic rings. The van der Waals surface area contributed by atoms with Crippen LogP contribution in [0.15, 0.2) is 71.3 Å². The molecule has 0 amide bonds. The molecule has 0 fully saturated rings. The Kier molecular flexibility index (Phi) is 7.73. The van der Waals surface area contributed by atoms with Crippen molar-refractivity contribution in [3.8, 4) is 11.5 Å². The van der Waals surface area contributed by atoms with Crippen LogP contribution in [0.5, 0.6) is 11.5 Å². The highest BCUT2D eigenvalue weighted by Gasteiger charge is 2.16. The predicted molar refractivity (Wildman–Crippen MR) is 113 cm³/mol. The molecule has 0 spiro atoms. The minimum atomic E-state index is -0.648. The average molecular weight is 395 g/mol. The van der Waals surface area contributed by atoms with E-state index in [-0.39, 0.29) is 6.61 Å². The van der Waals surface area contributed by atoms with E-state index in [0.29, 0.717) is 24.6 Å². The number of aryl methyl sites for hydroxylation is 1. The van der Waals surface area contributed by atoms with E-state index in [1.807, 2.05) is 36.4 Å². The van der Waals surface area contributed by atoms with Gasteiger partial charge in [0.1, 0.15) is 18.5 Å². The molecule has 154 valence electrons. The topological polar surface area (TPSA) is 55.1 Å². The monoisotopic (exact) mass is 395 g/mol. The number of hydrogen-bond donors (Lipinski definition) is 1. The molecule has 3 rings (SSSR count). The molecule has 5 nitrogen and oxygen atoms in total. The Morgan fingerprint density at radius 2 is 1.66 bits per heavy atom. The van der Waals surface area contributed by atoms with E-state index in [1.54, 1.807) is 13.4 Å². The van der Waals surface area contributed by atoms with E-state index in [1.165, 1.54) is 11.1 Å². The first-order valence-corrected chi connectivity index (χ1v) is 9.94. The van der Waals surface area contributed by atoms with E-state index in [9.17, 15) is 5.11 Å². The minimum absolute atomic E-state index is 0.184. The van der Waals surface area contributed by atoms with Gasteiger partial charge < -0.3 is 19.0 Å². The number of furan rings is 1. The third kappa shape index (κ3) is 6.38. The summed E-state index contributed by atoms with van der Waals surface area (Å²) in [4.78, 5) is 2.16. The van der Waals surface area contributed by atoms with E-state index in [4.69, 9.17) is 13.9 Å². The van der Waals surface area contributed by atoms with Gasteiger partial charge in [0.05, 0.1) is 19.9 Å². The molecular formula is C24H29NO4. The van der Waals surface area contributed by atoms with Crippen LogP contribution in [0.4, 0.5) is 0 Å². The molecule has 1 atom stereocenters. The summed E-state index contributed by atoms with van der Waals surface area (Å²) >= 11 is 0. The van der Waals surface area contributed by atoms with Crippen LogP contribution in [-0.4, -0.2) is 36.4 Å². The van der Waals surface area contributed by atoms with Gasteiger partial charge in [-0.15, -0.1) is 0 Å². The summed E-state index contributed by atoms with van der Waals surface area (Å²) < 4.78 is 16.6. The molecule has 0 saturated heterocycles. The van der Waals surface area contributed by atoms with Crippen molar-refractivity contribution in [2.75, 3.05) is 20.3 Å². The number of benzene rings is 2. The van der Waals surface area contributed by atoms with Crippen LogP contribution in [0.2, 0.25) is 0 Å². The SMILES string of the molecule is CCc1ccc(CN(Cc2ccco2)CC(O)COc2ccccc2OC)cc1. The number of aliphatic hydroxyl groups is 1. The van der Waals surface area contributed by atoms with Crippen LogP contribution in [0, 0.1) is 0 Å². The maximum atomic E-state index is 10.6. The summed E-state index contributed by atoms with van der Waals surface area (Å²) in [5, 5.41) is 10.6. The third-order valence-electron chi connectivity index (χ3n) is 4.77.